The smallest absolute Gasteiger partial charge is 0.204 e. The maximum Gasteiger partial charge on any atom is 0.204 e. The lowest BCUT2D eigenvalue weighted by Crippen LogP contribution is -2.34. The average Bonchev–Trinajstić information content (AvgIpc) is 1.56. The summed E-state index contributed by atoms with van der Waals surface area (Å²) in [7, 11) is 8.54. The Hall–Kier alpha value is -14.4. The molecule has 0 N–H and O–H groups in total. The predicted molar refractivity (Wildman–Crippen MR) is 565 cm³/mol. The Bertz CT molecular complexity index is 8330. The van der Waals surface area contributed by atoms with E-state index >= 15 is 0 Å². The minimum absolute atomic E-state index is 0.359. The molecule has 12 heterocycles. The molecular formula is C123H126N12+4. The van der Waals surface area contributed by atoms with Crippen LogP contribution in [0.2, 0.25) is 0 Å². The van der Waals surface area contributed by atoms with Gasteiger partial charge < -0.3 is 0 Å². The largest absolute Gasteiger partial charge is 0.254 e. The number of hydrogen-bond acceptors (Lipinski definition) is 4. The summed E-state index contributed by atoms with van der Waals surface area (Å²) in [6.45, 7) is 44.9. The Labute approximate surface area is 794 Å². The van der Waals surface area contributed by atoms with E-state index in [1.54, 1.807) is 0 Å². The highest BCUT2D eigenvalue weighted by molar-refractivity contribution is 6.20. The van der Waals surface area contributed by atoms with Crippen molar-refractivity contribution in [3.8, 4) is 66.8 Å². The highest BCUT2D eigenvalue weighted by Gasteiger charge is 2.33. The molecule has 0 saturated carbocycles. The van der Waals surface area contributed by atoms with Crippen molar-refractivity contribution in [2.24, 2.45) is 28.2 Å². The fourth-order valence-corrected chi connectivity index (χ4v) is 21.6. The van der Waals surface area contributed by atoms with Gasteiger partial charge in [0, 0.05) is 78.0 Å². The molecule has 0 unspecified atom stereocenters. The minimum Gasteiger partial charge on any atom is -0.254 e. The van der Waals surface area contributed by atoms with Crippen LogP contribution in [0, 0.1) is 41.5 Å². The van der Waals surface area contributed by atoms with Crippen LogP contribution in [0.15, 0.2) is 286 Å². The first-order chi connectivity index (χ1) is 65.0. The first kappa shape index (κ1) is 89.8. The standard InChI is InChI=1S/C37H32N3.C31H36N3.C28H30N3.C27H28N3/c1-24(2)33-22-25(3)36-35(38-33)30-18-11-12-19-31(30)37-32(23-39(4)40(36)37)34-28(26-14-7-5-8-15-26)20-13-21-29(34)27-16-9-6-10-17-27;1-18(2)22-14-11-15-23(19(3)4)28(22)26-17-33(8)34-30-21(7)16-27(20(5)6)32-29(30)24-12-9-10-13-25(24)31(26)34;1-17(2)20-9-7-10-21(18(3)4)25(20)23-12-8-11-22-24-14-16-30(6)31(24)28-19(5)13-15-29-27(28)26(22)23;1-16(2)23-14-19(5)26-25(28-23)20-12-7-8-13-21(20)27-22(15-29(6)30(26)27)24-17(3)10-9-11-18(24)4/h5-24H,1-4H3;9-20H,1-8H3;7-18H,1-6H3;7-16H,1-6H3/q4*+1. The molecule has 135 heavy (non-hydrogen) atoms. The van der Waals surface area contributed by atoms with Gasteiger partial charge in [-0.1, -0.05) is 321 Å². The lowest BCUT2D eigenvalue weighted by atomic mass is 9.83. The SMILES string of the molecule is Cc1cc(C(C)C)nc2c3ccccc3c3c(-c4c(-c5ccccc5)cccc4-c4ccccc4)c[n+](C)n3c12.Cc1cc(C(C)C)nc2c3ccccc3c3c(-c4c(C(C)C)cccc4C(C)C)c[n+](C)n3c12.Cc1cccc(C)c1-c1c[n+](C)n2c1c1ccccc1c1nc(C(C)C)cc(C)c12.Cc1ccnc2c3c(-c4c(C(C)C)cccc4C(C)C)cccc3c3cc[n+](C)n3c12. The fraction of sp³-hybridized carbons (Fsp3) is 0.252. The highest BCUT2D eigenvalue weighted by atomic mass is 15.4. The maximum absolute atomic E-state index is 5.23. The zero-order chi connectivity index (χ0) is 94.7. The van der Waals surface area contributed by atoms with Gasteiger partial charge in [0.15, 0.2) is 34.4 Å². The molecule has 10 aromatic carbocycles. The van der Waals surface area contributed by atoms with Gasteiger partial charge in [0.2, 0.25) is 18.6 Å². The van der Waals surface area contributed by atoms with Gasteiger partial charge in [-0.05, 0) is 207 Å². The summed E-state index contributed by atoms with van der Waals surface area (Å²) >= 11 is 0. The summed E-state index contributed by atoms with van der Waals surface area (Å²) in [5, 5.41) is 9.84. The third-order valence-electron chi connectivity index (χ3n) is 28.1. The van der Waals surface area contributed by atoms with E-state index in [1.165, 1.54) is 204 Å². The maximum atomic E-state index is 5.23. The predicted octanol–water partition coefficient (Wildman–Crippen LogP) is 29.6. The molecule has 674 valence electrons. The number of aryl methyl sites for hydroxylation is 10. The van der Waals surface area contributed by atoms with Gasteiger partial charge in [0.05, 0.1) is 16.7 Å². The number of pyridine rings is 8. The lowest BCUT2D eigenvalue weighted by Gasteiger charge is -2.22. The molecule has 0 spiro atoms. The number of benzene rings is 10. The Morgan fingerprint density at radius 3 is 0.941 bits per heavy atom. The van der Waals surface area contributed by atoms with Crippen LogP contribution in [0.4, 0.5) is 0 Å². The molecule has 12 heteroatoms. The van der Waals surface area contributed by atoms with E-state index in [4.69, 9.17) is 19.9 Å². The van der Waals surface area contributed by atoms with Gasteiger partial charge in [0.1, 0.15) is 66.2 Å². The number of nitrogens with zero attached hydrogens (tertiary/aromatic N) is 12. The molecule has 22 rings (SSSR count). The topological polar surface area (TPSA) is 84.7 Å². The molecule has 0 fully saturated rings. The molecule has 12 aromatic heterocycles. The van der Waals surface area contributed by atoms with E-state index < -0.39 is 0 Å². The Morgan fingerprint density at radius 1 is 0.237 bits per heavy atom. The van der Waals surface area contributed by atoms with E-state index in [0.717, 1.165) is 44.7 Å². The molecule has 12 nitrogen and oxygen atoms in total. The van der Waals surface area contributed by atoms with Crippen LogP contribution in [-0.2, 0) is 28.2 Å². The molecular weight excluding hydrogens is 1650 g/mol. The van der Waals surface area contributed by atoms with Gasteiger partial charge in [-0.3, -0.25) is 19.9 Å². The molecule has 0 saturated heterocycles. The van der Waals surface area contributed by atoms with E-state index in [1.807, 2.05) is 6.20 Å². The summed E-state index contributed by atoms with van der Waals surface area (Å²) in [6, 6.07) is 92.5. The number of fused-ring (bicyclic) bond motifs is 24. The van der Waals surface area contributed by atoms with Crippen LogP contribution < -0.4 is 18.7 Å². The molecule has 0 aliphatic heterocycles. The summed E-state index contributed by atoms with van der Waals surface area (Å²) < 4.78 is 18.3. The van der Waals surface area contributed by atoms with Crippen molar-refractivity contribution in [2.75, 3.05) is 0 Å². The molecule has 0 amide bonds. The monoisotopic (exact) mass is 1770 g/mol. The van der Waals surface area contributed by atoms with E-state index in [-0.39, 0.29) is 0 Å². The first-order valence-electron chi connectivity index (χ1n) is 48.5. The molecule has 0 aliphatic rings. The van der Waals surface area contributed by atoms with Crippen LogP contribution in [0.3, 0.4) is 0 Å². The summed E-state index contributed by atoms with van der Waals surface area (Å²) in [4.78, 5) is 20.5. The van der Waals surface area contributed by atoms with Gasteiger partial charge in [0.25, 0.3) is 0 Å². The third kappa shape index (κ3) is 15.4. The van der Waals surface area contributed by atoms with Crippen molar-refractivity contribution in [3.63, 3.8) is 0 Å². The molecule has 22 aromatic rings. The zero-order valence-electron chi connectivity index (χ0n) is 83.0. The molecule has 0 aliphatic carbocycles. The number of rotatable bonds is 13. The lowest BCUT2D eigenvalue weighted by molar-refractivity contribution is -0.735. The number of aromatic nitrogens is 12. The molecule has 0 bridgehead atoms. The van der Waals surface area contributed by atoms with Crippen molar-refractivity contribution in [2.45, 2.75) is 180 Å². The second kappa shape index (κ2) is 35.9. The van der Waals surface area contributed by atoms with Crippen LogP contribution in [0.1, 0.15) is 211 Å². The Morgan fingerprint density at radius 2 is 0.556 bits per heavy atom. The second-order valence-corrected chi connectivity index (χ2v) is 39.7. The van der Waals surface area contributed by atoms with Crippen LogP contribution in [-0.4, -0.2) is 38.0 Å². The molecule has 0 radical (unpaired) electrons. The van der Waals surface area contributed by atoms with Gasteiger partial charge in [-0.25, -0.2) is 0 Å². The quantitative estimate of drug-likeness (QED) is 0.0850. The molecule has 0 atom stereocenters. The van der Waals surface area contributed by atoms with E-state index in [0.29, 0.717) is 41.4 Å². The van der Waals surface area contributed by atoms with E-state index in [9.17, 15) is 0 Å². The minimum atomic E-state index is 0.359. The van der Waals surface area contributed by atoms with Crippen LogP contribution in [0.25, 0.3) is 176 Å². The van der Waals surface area contributed by atoms with Gasteiger partial charge in [-0.2, -0.15) is 0 Å². The second-order valence-electron chi connectivity index (χ2n) is 39.7. The Kier molecular flexibility index (Phi) is 23.9. The number of hydrogen-bond donors (Lipinski definition) is 0. The normalized spacial score (nSPS) is 12.0. The van der Waals surface area contributed by atoms with Crippen molar-refractivity contribution in [1.82, 2.24) is 38.0 Å². The average molecular weight is 1770 g/mol. The van der Waals surface area contributed by atoms with Crippen molar-refractivity contribution in [1.29, 1.82) is 0 Å². The summed E-state index contributed by atoms with van der Waals surface area (Å²) in [5.41, 5.74) is 45.9. The van der Waals surface area contributed by atoms with Gasteiger partial charge in [-0.15, -0.1) is 36.8 Å². The fourth-order valence-electron chi connectivity index (χ4n) is 21.6. The van der Waals surface area contributed by atoms with Crippen molar-refractivity contribution in [3.05, 3.63) is 358 Å². The zero-order valence-corrected chi connectivity index (χ0v) is 83.0. The van der Waals surface area contributed by atoms with Crippen molar-refractivity contribution >= 4 is 109 Å². The highest BCUT2D eigenvalue weighted by Crippen LogP contribution is 2.49. The Balaban J connectivity index is 0.000000116. The summed E-state index contributed by atoms with van der Waals surface area (Å²) in [6.07, 6.45) is 11.0. The van der Waals surface area contributed by atoms with Crippen LogP contribution in [0.5, 0.6) is 0 Å². The first-order valence-corrected chi connectivity index (χ1v) is 48.5. The van der Waals surface area contributed by atoms with E-state index in [2.05, 4.69) is 483 Å². The van der Waals surface area contributed by atoms with Crippen LogP contribution >= 0.6 is 0 Å². The van der Waals surface area contributed by atoms with Gasteiger partial charge >= 0.3 is 0 Å². The van der Waals surface area contributed by atoms with Crippen molar-refractivity contribution < 1.29 is 18.7 Å². The third-order valence-corrected chi connectivity index (χ3v) is 28.1. The summed E-state index contributed by atoms with van der Waals surface area (Å²) in [5.74, 6) is 2.91.